The van der Waals surface area contributed by atoms with Gasteiger partial charge in [0.05, 0.1) is 12.0 Å². The van der Waals surface area contributed by atoms with Crippen molar-refractivity contribution in [1.82, 2.24) is 0 Å². The molecule has 1 heterocycles. The molecule has 1 saturated heterocycles. The van der Waals surface area contributed by atoms with Crippen LogP contribution in [-0.4, -0.2) is 11.7 Å². The summed E-state index contributed by atoms with van der Waals surface area (Å²) in [5.41, 5.74) is 2.79. The third-order valence-corrected chi connectivity index (χ3v) is 6.30. The maximum atomic E-state index is 13.5. The highest BCUT2D eigenvalue weighted by Crippen LogP contribution is 2.44. The molecule has 1 amide bonds. The van der Waals surface area contributed by atoms with Crippen LogP contribution >= 0.6 is 0 Å². The van der Waals surface area contributed by atoms with Crippen molar-refractivity contribution in [1.29, 1.82) is 0 Å². The Morgan fingerprint density at radius 3 is 2.08 bits per heavy atom. The predicted molar refractivity (Wildman–Crippen MR) is 137 cm³/mol. The second kappa shape index (κ2) is 10.6. The van der Waals surface area contributed by atoms with Crippen LogP contribution in [-0.2, 0) is 11.4 Å². The van der Waals surface area contributed by atoms with Gasteiger partial charge in [0.15, 0.2) is 5.78 Å². The van der Waals surface area contributed by atoms with Crippen LogP contribution in [0, 0.1) is 17.6 Å². The number of halogens is 2. The molecule has 4 nitrogen and oxygen atoms in total. The number of anilines is 1. The van der Waals surface area contributed by atoms with Gasteiger partial charge in [-0.25, -0.2) is 8.78 Å². The third-order valence-electron chi connectivity index (χ3n) is 6.30. The summed E-state index contributed by atoms with van der Waals surface area (Å²) in [5.74, 6) is -1.26. The fourth-order valence-corrected chi connectivity index (χ4v) is 4.35. The van der Waals surface area contributed by atoms with Crippen molar-refractivity contribution in [2.24, 2.45) is 5.92 Å². The van der Waals surface area contributed by atoms with Gasteiger partial charge in [-0.15, -0.1) is 0 Å². The van der Waals surface area contributed by atoms with Gasteiger partial charge in [-0.2, -0.15) is 0 Å². The maximum absolute atomic E-state index is 13.5. The van der Waals surface area contributed by atoms with Crippen molar-refractivity contribution in [3.8, 4) is 5.75 Å². The summed E-state index contributed by atoms with van der Waals surface area (Å²) in [7, 11) is 0. The van der Waals surface area contributed by atoms with Crippen LogP contribution < -0.4 is 9.64 Å². The Bertz CT molecular complexity index is 1420. The van der Waals surface area contributed by atoms with Crippen molar-refractivity contribution in [2.45, 2.75) is 12.6 Å². The number of benzene rings is 4. The van der Waals surface area contributed by atoms with Crippen LogP contribution in [0.15, 0.2) is 115 Å². The summed E-state index contributed by atoms with van der Waals surface area (Å²) < 4.78 is 32.6. The molecule has 4 aromatic rings. The molecule has 6 heteroatoms. The number of hydrogen-bond acceptors (Lipinski definition) is 3. The molecule has 0 bridgehead atoms. The first-order chi connectivity index (χ1) is 18.0. The highest BCUT2D eigenvalue weighted by Gasteiger charge is 2.47. The third kappa shape index (κ3) is 5.33. The molecule has 4 aromatic carbocycles. The van der Waals surface area contributed by atoms with Gasteiger partial charge >= 0.3 is 0 Å². The van der Waals surface area contributed by atoms with E-state index >= 15 is 0 Å². The fraction of sp³-hybridized carbons (Fsp3) is 0.0968. The Balaban J connectivity index is 1.37. The van der Waals surface area contributed by atoms with Gasteiger partial charge in [-0.05, 0) is 77.9 Å². The van der Waals surface area contributed by atoms with Gasteiger partial charge in [0.25, 0.3) is 0 Å². The summed E-state index contributed by atoms with van der Waals surface area (Å²) in [6, 6.07) is 27.9. The van der Waals surface area contributed by atoms with E-state index in [-0.39, 0.29) is 11.7 Å². The van der Waals surface area contributed by atoms with E-state index < -0.39 is 23.6 Å². The van der Waals surface area contributed by atoms with Crippen molar-refractivity contribution in [3.63, 3.8) is 0 Å². The topological polar surface area (TPSA) is 46.6 Å². The fourth-order valence-electron chi connectivity index (χ4n) is 4.35. The average Bonchev–Trinajstić information content (AvgIpc) is 2.93. The van der Waals surface area contributed by atoms with Crippen LogP contribution in [0.25, 0.3) is 0 Å². The molecular weight excluding hydrogens is 472 g/mol. The van der Waals surface area contributed by atoms with Crippen molar-refractivity contribution < 1.29 is 23.1 Å². The van der Waals surface area contributed by atoms with Crippen LogP contribution in [0.4, 0.5) is 14.5 Å². The highest BCUT2D eigenvalue weighted by atomic mass is 19.1. The van der Waals surface area contributed by atoms with E-state index in [4.69, 9.17) is 4.74 Å². The molecule has 1 fully saturated rings. The van der Waals surface area contributed by atoms with Crippen molar-refractivity contribution in [2.75, 3.05) is 4.90 Å². The molecular formula is C31H23F2NO3. The van der Waals surface area contributed by atoms with E-state index in [1.54, 1.807) is 23.1 Å². The smallest absolute Gasteiger partial charge is 0.236 e. The van der Waals surface area contributed by atoms with Gasteiger partial charge < -0.3 is 9.64 Å². The lowest BCUT2D eigenvalue weighted by Crippen LogP contribution is -2.54. The van der Waals surface area contributed by atoms with Gasteiger partial charge in [-0.1, -0.05) is 48.5 Å². The lowest BCUT2D eigenvalue weighted by molar-refractivity contribution is -0.128. The number of rotatable bonds is 8. The van der Waals surface area contributed by atoms with Crippen LogP contribution in [0.2, 0.25) is 0 Å². The van der Waals surface area contributed by atoms with E-state index in [1.165, 1.54) is 42.5 Å². The average molecular weight is 496 g/mol. The van der Waals surface area contributed by atoms with Crippen molar-refractivity contribution in [3.05, 3.63) is 144 Å². The molecule has 37 heavy (non-hydrogen) atoms. The summed E-state index contributed by atoms with van der Waals surface area (Å²) in [6.07, 6.45) is 2.93. The first-order valence-corrected chi connectivity index (χ1v) is 11.8. The number of nitrogens with zero attached hydrogens (tertiary/aromatic N) is 1. The van der Waals surface area contributed by atoms with Crippen LogP contribution in [0.3, 0.4) is 0 Å². The molecule has 1 aliphatic rings. The molecule has 0 saturated carbocycles. The monoisotopic (exact) mass is 495 g/mol. The minimum Gasteiger partial charge on any atom is -0.489 e. The quantitative estimate of drug-likeness (QED) is 0.156. The Morgan fingerprint density at radius 2 is 1.43 bits per heavy atom. The number of amides is 1. The number of ether oxygens (including phenoxy) is 1. The largest absolute Gasteiger partial charge is 0.489 e. The van der Waals surface area contributed by atoms with Gasteiger partial charge in [0.2, 0.25) is 5.91 Å². The first-order valence-electron chi connectivity index (χ1n) is 11.8. The number of allylic oxidation sites excluding steroid dienone is 1. The predicted octanol–water partition coefficient (Wildman–Crippen LogP) is 6.69. The Hall–Kier alpha value is -4.58. The zero-order valence-electron chi connectivity index (χ0n) is 19.8. The summed E-state index contributed by atoms with van der Waals surface area (Å²) in [6.45, 7) is 0.431. The molecule has 0 spiro atoms. The Kier molecular flexibility index (Phi) is 6.90. The maximum Gasteiger partial charge on any atom is 0.236 e. The van der Waals surface area contributed by atoms with E-state index in [9.17, 15) is 18.4 Å². The Labute approximate surface area is 213 Å². The molecule has 184 valence electrons. The van der Waals surface area contributed by atoms with Gasteiger partial charge in [0.1, 0.15) is 24.0 Å². The molecule has 2 unspecified atom stereocenters. The molecule has 0 radical (unpaired) electrons. The molecule has 2 atom stereocenters. The van der Waals surface area contributed by atoms with E-state index in [0.717, 1.165) is 11.1 Å². The number of hydrogen-bond donors (Lipinski definition) is 0. The summed E-state index contributed by atoms with van der Waals surface area (Å²) in [5, 5.41) is 0. The van der Waals surface area contributed by atoms with Crippen molar-refractivity contribution >= 4 is 17.4 Å². The molecule has 5 rings (SSSR count). The SMILES string of the molecule is O=C(/C=C/C1C(=O)N(c2ccc(F)cc2)C1c1ccc(OCc2ccccc2)cc1)c1ccc(F)cc1. The zero-order valence-corrected chi connectivity index (χ0v) is 19.8. The van der Waals surface area contributed by atoms with Gasteiger partial charge in [0, 0.05) is 11.3 Å². The second-order valence-corrected chi connectivity index (χ2v) is 8.73. The highest BCUT2D eigenvalue weighted by molar-refractivity contribution is 6.07. The van der Waals surface area contributed by atoms with E-state index in [0.29, 0.717) is 23.6 Å². The molecule has 0 aliphatic carbocycles. The number of carbonyl (C=O) groups excluding carboxylic acids is 2. The normalized spacial score (nSPS) is 17.0. The minimum absolute atomic E-state index is 0.204. The first kappa shape index (κ1) is 24.1. The standard InChI is InChI=1S/C31H23F2NO3/c32-24-10-6-22(7-11-24)29(35)19-18-28-30(34(31(28)36)26-14-12-25(33)13-15-26)23-8-16-27(17-9-23)37-20-21-4-2-1-3-5-21/h1-19,28,30H,20H2/b19-18+. The number of β-lactam (4-membered cyclic amide) rings is 1. The Morgan fingerprint density at radius 1 is 0.811 bits per heavy atom. The summed E-state index contributed by atoms with van der Waals surface area (Å²) >= 11 is 0. The second-order valence-electron chi connectivity index (χ2n) is 8.73. The number of carbonyl (C=O) groups is 2. The molecule has 0 aromatic heterocycles. The van der Waals surface area contributed by atoms with E-state index in [2.05, 4.69) is 0 Å². The summed E-state index contributed by atoms with van der Waals surface area (Å²) in [4.78, 5) is 27.3. The minimum atomic E-state index is -0.592. The zero-order chi connectivity index (χ0) is 25.8. The molecule has 0 N–H and O–H groups in total. The lowest BCUT2D eigenvalue weighted by Gasteiger charge is -2.46. The van der Waals surface area contributed by atoms with Crippen LogP contribution in [0.1, 0.15) is 27.5 Å². The molecule has 1 aliphatic heterocycles. The van der Waals surface area contributed by atoms with Crippen LogP contribution in [0.5, 0.6) is 5.75 Å². The number of ketones is 1. The lowest BCUT2D eigenvalue weighted by atomic mass is 9.81. The van der Waals surface area contributed by atoms with E-state index in [1.807, 2.05) is 54.6 Å². The van der Waals surface area contributed by atoms with Gasteiger partial charge in [-0.3, -0.25) is 9.59 Å².